The van der Waals surface area contributed by atoms with Crippen molar-refractivity contribution in [1.82, 2.24) is 14.9 Å². The van der Waals surface area contributed by atoms with Crippen molar-refractivity contribution in [1.29, 1.82) is 0 Å². The average molecular weight is 301 g/mol. The molecule has 1 aromatic rings. The number of hydrogen-bond donors (Lipinski definition) is 0. The monoisotopic (exact) mass is 301 g/mol. The van der Waals surface area contributed by atoms with E-state index in [4.69, 9.17) is 0 Å². The van der Waals surface area contributed by atoms with E-state index in [9.17, 15) is 14.4 Å². The summed E-state index contributed by atoms with van der Waals surface area (Å²) in [5.74, 6) is -1.83. The van der Waals surface area contributed by atoms with Gasteiger partial charge in [0.25, 0.3) is 11.8 Å². The third-order valence-corrected chi connectivity index (χ3v) is 3.72. The van der Waals surface area contributed by atoms with Crippen LogP contribution in [0.15, 0.2) is 12.2 Å². The molecule has 0 N–H and O–H groups in total. The summed E-state index contributed by atoms with van der Waals surface area (Å²) >= 11 is 0. The molecular formula is C15H15N3O4. The van der Waals surface area contributed by atoms with Crippen molar-refractivity contribution in [2.24, 2.45) is 0 Å². The number of aryl methyl sites for hydroxylation is 2. The van der Waals surface area contributed by atoms with Gasteiger partial charge < -0.3 is 4.74 Å². The van der Waals surface area contributed by atoms with E-state index in [1.54, 1.807) is 0 Å². The van der Waals surface area contributed by atoms with Gasteiger partial charge >= 0.3 is 5.97 Å². The molecule has 2 amide bonds. The van der Waals surface area contributed by atoms with Crippen molar-refractivity contribution in [3.63, 3.8) is 0 Å². The second-order valence-corrected chi connectivity index (χ2v) is 5.14. The molecule has 114 valence electrons. The summed E-state index contributed by atoms with van der Waals surface area (Å²) < 4.78 is 4.51. The number of nitrogens with zero attached hydrogens (tertiary/aromatic N) is 3. The number of esters is 1. The Morgan fingerprint density at radius 1 is 1.09 bits per heavy atom. The Labute approximate surface area is 127 Å². The highest BCUT2D eigenvalue weighted by Gasteiger charge is 2.40. The Hall–Kier alpha value is -2.57. The lowest BCUT2D eigenvalue weighted by Crippen LogP contribution is -2.35. The molecule has 2 aliphatic rings. The van der Waals surface area contributed by atoms with Crippen LogP contribution in [0.1, 0.15) is 45.2 Å². The number of allylic oxidation sites excluding steroid dienone is 2. The maximum absolute atomic E-state index is 12.3. The largest absolute Gasteiger partial charge is 0.468 e. The average Bonchev–Trinajstić information content (AvgIpc) is 2.71. The van der Waals surface area contributed by atoms with E-state index < -0.39 is 24.3 Å². The maximum Gasteiger partial charge on any atom is 0.325 e. The van der Waals surface area contributed by atoms with Gasteiger partial charge in [0, 0.05) is 0 Å². The molecule has 0 radical (unpaired) electrons. The molecule has 1 aliphatic heterocycles. The molecule has 1 aliphatic carbocycles. The number of ether oxygens (including phenoxy) is 1. The minimum absolute atomic E-state index is 0.0391. The molecule has 7 heteroatoms. The summed E-state index contributed by atoms with van der Waals surface area (Å²) in [6, 6.07) is 0. The van der Waals surface area contributed by atoms with Crippen molar-refractivity contribution in [3.05, 3.63) is 34.9 Å². The van der Waals surface area contributed by atoms with E-state index in [-0.39, 0.29) is 11.4 Å². The standard InChI is InChI=1S/C15H15N3O4/c1-22-11(19)8-18-14(20)12-13(15(18)21)17-10-7-5-3-2-4-6-9(10)16-12/h2-3H,4-8H2,1H3/b3-2+. The molecule has 0 spiro atoms. The van der Waals surface area contributed by atoms with Crippen LogP contribution in [-0.2, 0) is 22.4 Å². The Morgan fingerprint density at radius 2 is 1.59 bits per heavy atom. The molecule has 22 heavy (non-hydrogen) atoms. The molecule has 1 aromatic heterocycles. The number of methoxy groups -OCH3 is 1. The summed E-state index contributed by atoms with van der Waals surface area (Å²) in [6.07, 6.45) is 7.18. The van der Waals surface area contributed by atoms with Crippen LogP contribution in [-0.4, -0.2) is 46.3 Å². The Bertz CT molecular complexity index is 647. The summed E-state index contributed by atoms with van der Waals surface area (Å²) in [6.45, 7) is -0.418. The lowest BCUT2D eigenvalue weighted by molar-refractivity contribution is -0.140. The van der Waals surface area contributed by atoms with Gasteiger partial charge in [-0.15, -0.1) is 0 Å². The van der Waals surface area contributed by atoms with Crippen LogP contribution in [0.4, 0.5) is 0 Å². The molecule has 7 nitrogen and oxygen atoms in total. The number of hydrogen-bond acceptors (Lipinski definition) is 6. The minimum Gasteiger partial charge on any atom is -0.468 e. The van der Waals surface area contributed by atoms with Crippen LogP contribution in [0.25, 0.3) is 0 Å². The first-order valence-corrected chi connectivity index (χ1v) is 7.09. The van der Waals surface area contributed by atoms with E-state index in [0.29, 0.717) is 12.8 Å². The number of amides is 2. The normalized spacial score (nSPS) is 18.3. The third kappa shape index (κ3) is 2.38. The number of carbonyl (C=O) groups excluding carboxylic acids is 3. The Balaban J connectivity index is 1.97. The van der Waals surface area contributed by atoms with Crippen molar-refractivity contribution >= 4 is 17.8 Å². The molecule has 0 saturated heterocycles. The fourth-order valence-corrected chi connectivity index (χ4v) is 2.56. The summed E-state index contributed by atoms with van der Waals surface area (Å²) in [7, 11) is 1.20. The van der Waals surface area contributed by atoms with E-state index in [2.05, 4.69) is 26.9 Å². The number of carbonyl (C=O) groups is 3. The predicted octanol–water partition coefficient (Wildman–Crippen LogP) is 0.681. The first-order chi connectivity index (χ1) is 10.6. The maximum atomic E-state index is 12.3. The number of rotatable bonds is 2. The molecule has 3 rings (SSSR count). The summed E-state index contributed by atoms with van der Waals surface area (Å²) in [4.78, 5) is 45.4. The van der Waals surface area contributed by atoms with Gasteiger partial charge in [-0.25, -0.2) is 9.97 Å². The zero-order valence-corrected chi connectivity index (χ0v) is 12.2. The number of imide groups is 1. The SMILES string of the molecule is COC(=O)CN1C(=O)c2nc3c(nc2C1=O)CC/C=C/CC3. The van der Waals surface area contributed by atoms with Crippen molar-refractivity contribution in [2.75, 3.05) is 13.7 Å². The van der Waals surface area contributed by atoms with Crippen LogP contribution in [0.3, 0.4) is 0 Å². The van der Waals surface area contributed by atoms with E-state index in [0.717, 1.165) is 29.1 Å². The van der Waals surface area contributed by atoms with Gasteiger partial charge in [0.2, 0.25) is 0 Å². The number of aromatic nitrogens is 2. The van der Waals surface area contributed by atoms with Gasteiger partial charge in [-0.3, -0.25) is 19.3 Å². The Morgan fingerprint density at radius 3 is 2.05 bits per heavy atom. The highest BCUT2D eigenvalue weighted by Crippen LogP contribution is 2.23. The van der Waals surface area contributed by atoms with Crippen LogP contribution in [0.2, 0.25) is 0 Å². The third-order valence-electron chi connectivity index (χ3n) is 3.72. The molecule has 0 bridgehead atoms. The highest BCUT2D eigenvalue weighted by atomic mass is 16.5. The molecular weight excluding hydrogens is 286 g/mol. The van der Waals surface area contributed by atoms with Crippen LogP contribution < -0.4 is 0 Å². The fraction of sp³-hybridized carbons (Fsp3) is 0.400. The predicted molar refractivity (Wildman–Crippen MR) is 75.2 cm³/mol. The lowest BCUT2D eigenvalue weighted by Gasteiger charge is -2.10. The van der Waals surface area contributed by atoms with E-state index in [1.165, 1.54) is 7.11 Å². The summed E-state index contributed by atoms with van der Waals surface area (Å²) in [5, 5.41) is 0. The second-order valence-electron chi connectivity index (χ2n) is 5.14. The molecule has 0 atom stereocenters. The minimum atomic E-state index is -0.655. The summed E-state index contributed by atoms with van der Waals surface area (Å²) in [5.41, 5.74) is 1.59. The molecule has 2 heterocycles. The molecule has 0 saturated carbocycles. The van der Waals surface area contributed by atoms with Crippen LogP contribution in [0.5, 0.6) is 0 Å². The van der Waals surface area contributed by atoms with Gasteiger partial charge in [-0.1, -0.05) is 12.2 Å². The zero-order valence-electron chi connectivity index (χ0n) is 12.2. The zero-order chi connectivity index (χ0) is 15.7. The number of fused-ring (bicyclic) bond motifs is 2. The smallest absolute Gasteiger partial charge is 0.325 e. The Kier molecular flexibility index (Phi) is 3.70. The van der Waals surface area contributed by atoms with Crippen molar-refractivity contribution < 1.29 is 19.1 Å². The van der Waals surface area contributed by atoms with Crippen molar-refractivity contribution in [2.45, 2.75) is 25.7 Å². The van der Waals surface area contributed by atoms with Crippen LogP contribution >= 0.6 is 0 Å². The molecule has 0 aromatic carbocycles. The van der Waals surface area contributed by atoms with Crippen LogP contribution in [0, 0.1) is 0 Å². The lowest BCUT2D eigenvalue weighted by atomic mass is 10.1. The van der Waals surface area contributed by atoms with E-state index in [1.807, 2.05) is 0 Å². The first kappa shape index (κ1) is 14.4. The van der Waals surface area contributed by atoms with E-state index >= 15 is 0 Å². The van der Waals surface area contributed by atoms with Gasteiger partial charge in [-0.2, -0.15) is 0 Å². The quantitative estimate of drug-likeness (QED) is 0.453. The first-order valence-electron chi connectivity index (χ1n) is 7.09. The van der Waals surface area contributed by atoms with Gasteiger partial charge in [-0.05, 0) is 25.7 Å². The van der Waals surface area contributed by atoms with Gasteiger partial charge in [0.05, 0.1) is 18.5 Å². The van der Waals surface area contributed by atoms with Crippen molar-refractivity contribution in [3.8, 4) is 0 Å². The molecule has 0 fully saturated rings. The second kappa shape index (κ2) is 5.67. The molecule has 0 unspecified atom stereocenters. The topological polar surface area (TPSA) is 89.5 Å². The fourth-order valence-electron chi connectivity index (χ4n) is 2.56. The van der Waals surface area contributed by atoms with Gasteiger partial charge in [0.15, 0.2) is 11.4 Å². The highest BCUT2D eigenvalue weighted by molar-refractivity contribution is 6.20. The van der Waals surface area contributed by atoms with Gasteiger partial charge in [0.1, 0.15) is 6.54 Å².